The Hall–Kier alpha value is -1.55. The van der Waals surface area contributed by atoms with Crippen LogP contribution < -0.4 is 10.9 Å². The fraction of sp³-hybridized carbons (Fsp3) is 0.462. The van der Waals surface area contributed by atoms with E-state index in [0.29, 0.717) is 5.92 Å². The van der Waals surface area contributed by atoms with Gasteiger partial charge in [0, 0.05) is 24.3 Å². The van der Waals surface area contributed by atoms with Gasteiger partial charge in [0.25, 0.3) is 5.56 Å². The Labute approximate surface area is 99.6 Å². The minimum absolute atomic E-state index is 0.0152. The fourth-order valence-corrected chi connectivity index (χ4v) is 2.66. The topological polar surface area (TPSA) is 49.8 Å². The molecule has 1 fully saturated rings. The van der Waals surface area contributed by atoms with E-state index in [2.05, 4.69) is 14.9 Å². The first-order valence-electron chi connectivity index (χ1n) is 6.22. The molecule has 4 nitrogen and oxygen atoms in total. The van der Waals surface area contributed by atoms with E-state index in [0.717, 1.165) is 30.5 Å². The Balaban J connectivity index is 1.92. The van der Waals surface area contributed by atoms with Crippen molar-refractivity contribution in [1.82, 2.24) is 14.9 Å². The zero-order chi connectivity index (χ0) is 11.7. The predicted molar refractivity (Wildman–Crippen MR) is 68.2 cm³/mol. The van der Waals surface area contributed by atoms with Crippen molar-refractivity contribution in [1.29, 1.82) is 0 Å². The third-order valence-corrected chi connectivity index (χ3v) is 3.60. The van der Waals surface area contributed by atoms with Crippen molar-refractivity contribution in [3.05, 3.63) is 34.9 Å². The molecule has 0 saturated carbocycles. The highest BCUT2D eigenvalue weighted by atomic mass is 16.1. The van der Waals surface area contributed by atoms with Gasteiger partial charge in [0.05, 0.1) is 0 Å². The van der Waals surface area contributed by atoms with Crippen LogP contribution in [-0.2, 0) is 6.54 Å². The number of hydrogen-bond acceptors (Lipinski definition) is 2. The molecular weight excluding hydrogens is 214 g/mol. The van der Waals surface area contributed by atoms with Crippen molar-refractivity contribution in [2.45, 2.75) is 19.4 Å². The molecule has 3 heterocycles. The Morgan fingerprint density at radius 3 is 2.94 bits per heavy atom. The van der Waals surface area contributed by atoms with E-state index in [1.165, 1.54) is 12.8 Å². The molecule has 0 atom stereocenters. The Kier molecular flexibility index (Phi) is 2.73. The van der Waals surface area contributed by atoms with Crippen molar-refractivity contribution >= 4 is 10.9 Å². The standard InChI is InChI=1S/C13H17N3O/c17-13-12-11(3-7-15-13)4-8-16(12)9-10-1-5-14-6-2-10/h3-4,7-8,10,14H,1-2,5-6,9H2,(H,15,17). The molecule has 0 aliphatic carbocycles. The quantitative estimate of drug-likeness (QED) is 0.819. The van der Waals surface area contributed by atoms with Crippen LogP contribution in [0.4, 0.5) is 0 Å². The van der Waals surface area contributed by atoms with Crippen LogP contribution in [0.2, 0.25) is 0 Å². The number of piperidine rings is 1. The minimum Gasteiger partial charge on any atom is -0.343 e. The average molecular weight is 231 g/mol. The Bertz CT molecular complexity index is 563. The van der Waals surface area contributed by atoms with Crippen LogP contribution in [0.15, 0.2) is 29.3 Å². The van der Waals surface area contributed by atoms with E-state index < -0.39 is 0 Å². The molecule has 3 rings (SSSR count). The lowest BCUT2D eigenvalue weighted by atomic mass is 9.98. The highest BCUT2D eigenvalue weighted by Crippen LogP contribution is 2.18. The molecule has 90 valence electrons. The molecule has 4 heteroatoms. The van der Waals surface area contributed by atoms with Gasteiger partial charge >= 0.3 is 0 Å². The summed E-state index contributed by atoms with van der Waals surface area (Å²) in [7, 11) is 0. The predicted octanol–water partition coefficient (Wildman–Crippen LogP) is 1.33. The van der Waals surface area contributed by atoms with Gasteiger partial charge in [-0.15, -0.1) is 0 Å². The van der Waals surface area contributed by atoms with Crippen LogP contribution in [0.5, 0.6) is 0 Å². The molecule has 17 heavy (non-hydrogen) atoms. The fourth-order valence-electron chi connectivity index (χ4n) is 2.66. The molecular formula is C13H17N3O. The van der Waals surface area contributed by atoms with Gasteiger partial charge in [-0.05, 0) is 44.0 Å². The largest absolute Gasteiger partial charge is 0.343 e. The highest BCUT2D eigenvalue weighted by molar-refractivity contribution is 5.78. The second kappa shape index (κ2) is 4.37. The number of hydrogen-bond donors (Lipinski definition) is 2. The summed E-state index contributed by atoms with van der Waals surface area (Å²) in [4.78, 5) is 14.6. The number of aromatic nitrogens is 2. The number of aromatic amines is 1. The summed E-state index contributed by atoms with van der Waals surface area (Å²) >= 11 is 0. The van der Waals surface area contributed by atoms with E-state index in [1.807, 2.05) is 18.3 Å². The van der Waals surface area contributed by atoms with Gasteiger partial charge in [-0.3, -0.25) is 4.79 Å². The maximum absolute atomic E-state index is 11.8. The molecule has 0 radical (unpaired) electrons. The molecule has 0 spiro atoms. The Morgan fingerprint density at radius 2 is 2.12 bits per heavy atom. The highest BCUT2D eigenvalue weighted by Gasteiger charge is 2.15. The normalized spacial score (nSPS) is 17.6. The third-order valence-electron chi connectivity index (χ3n) is 3.60. The van der Waals surface area contributed by atoms with Crippen molar-refractivity contribution in [2.24, 2.45) is 5.92 Å². The molecule has 2 aromatic rings. The number of H-pyrrole nitrogens is 1. The van der Waals surface area contributed by atoms with Crippen LogP contribution >= 0.6 is 0 Å². The van der Waals surface area contributed by atoms with E-state index >= 15 is 0 Å². The summed E-state index contributed by atoms with van der Waals surface area (Å²) in [6, 6.07) is 3.97. The SMILES string of the molecule is O=c1[nH]ccc2ccn(CC3CCNCC3)c12. The zero-order valence-electron chi connectivity index (χ0n) is 9.78. The molecule has 0 unspecified atom stereocenters. The second-order valence-corrected chi connectivity index (χ2v) is 4.77. The van der Waals surface area contributed by atoms with E-state index in [1.54, 1.807) is 6.20 Å². The Morgan fingerprint density at radius 1 is 1.29 bits per heavy atom. The van der Waals surface area contributed by atoms with Gasteiger partial charge in [-0.1, -0.05) is 0 Å². The molecule has 0 amide bonds. The average Bonchev–Trinajstić information content (AvgIpc) is 2.75. The van der Waals surface area contributed by atoms with Gasteiger partial charge in [0.2, 0.25) is 0 Å². The van der Waals surface area contributed by atoms with Crippen molar-refractivity contribution in [3.63, 3.8) is 0 Å². The molecule has 0 bridgehead atoms. The van der Waals surface area contributed by atoms with E-state index in [-0.39, 0.29) is 5.56 Å². The van der Waals surface area contributed by atoms with Gasteiger partial charge in [-0.25, -0.2) is 0 Å². The summed E-state index contributed by atoms with van der Waals surface area (Å²) in [5, 5.41) is 4.40. The molecule has 1 aliphatic rings. The minimum atomic E-state index is 0.0152. The molecule has 2 aromatic heterocycles. The van der Waals surface area contributed by atoms with Crippen LogP contribution in [-0.4, -0.2) is 22.6 Å². The zero-order valence-corrected chi connectivity index (χ0v) is 9.78. The van der Waals surface area contributed by atoms with Gasteiger partial charge in [0.1, 0.15) is 5.52 Å². The van der Waals surface area contributed by atoms with Crippen LogP contribution in [0, 0.1) is 5.92 Å². The third kappa shape index (κ3) is 2.00. The number of nitrogens with one attached hydrogen (secondary N) is 2. The van der Waals surface area contributed by atoms with Crippen LogP contribution in [0.25, 0.3) is 10.9 Å². The number of rotatable bonds is 2. The lowest BCUT2D eigenvalue weighted by molar-refractivity contribution is 0.336. The smallest absolute Gasteiger partial charge is 0.272 e. The number of pyridine rings is 1. The lowest BCUT2D eigenvalue weighted by Crippen LogP contribution is -2.30. The van der Waals surface area contributed by atoms with Crippen molar-refractivity contribution < 1.29 is 0 Å². The molecule has 0 aromatic carbocycles. The molecule has 2 N–H and O–H groups in total. The van der Waals surface area contributed by atoms with Gasteiger partial charge < -0.3 is 14.9 Å². The van der Waals surface area contributed by atoms with Crippen LogP contribution in [0.3, 0.4) is 0 Å². The van der Waals surface area contributed by atoms with Gasteiger partial charge in [-0.2, -0.15) is 0 Å². The van der Waals surface area contributed by atoms with Crippen molar-refractivity contribution in [2.75, 3.05) is 13.1 Å². The van der Waals surface area contributed by atoms with E-state index in [9.17, 15) is 4.79 Å². The first kappa shape index (κ1) is 10.6. The maximum atomic E-state index is 11.8. The monoisotopic (exact) mass is 231 g/mol. The maximum Gasteiger partial charge on any atom is 0.272 e. The van der Waals surface area contributed by atoms with E-state index in [4.69, 9.17) is 0 Å². The van der Waals surface area contributed by atoms with Crippen molar-refractivity contribution in [3.8, 4) is 0 Å². The second-order valence-electron chi connectivity index (χ2n) is 4.77. The van der Waals surface area contributed by atoms with Gasteiger partial charge in [0.15, 0.2) is 0 Å². The van der Waals surface area contributed by atoms with Crippen LogP contribution in [0.1, 0.15) is 12.8 Å². The summed E-state index contributed by atoms with van der Waals surface area (Å²) in [5.74, 6) is 0.687. The first-order chi connectivity index (χ1) is 8.34. The summed E-state index contributed by atoms with van der Waals surface area (Å²) in [6.07, 6.45) is 6.14. The first-order valence-corrected chi connectivity index (χ1v) is 6.22. The lowest BCUT2D eigenvalue weighted by Gasteiger charge is -2.23. The summed E-state index contributed by atoms with van der Waals surface area (Å²) in [6.45, 7) is 3.15. The summed E-state index contributed by atoms with van der Waals surface area (Å²) < 4.78 is 2.10. The number of nitrogens with zero attached hydrogens (tertiary/aromatic N) is 1. The number of fused-ring (bicyclic) bond motifs is 1. The summed E-state index contributed by atoms with van der Waals surface area (Å²) in [5.41, 5.74) is 0.826. The molecule has 1 saturated heterocycles. The molecule has 1 aliphatic heterocycles.